The van der Waals surface area contributed by atoms with Crippen molar-refractivity contribution >= 4 is 57.5 Å². The zero-order chi connectivity index (χ0) is 17.5. The van der Waals surface area contributed by atoms with Crippen LogP contribution in [-0.4, -0.2) is 43.4 Å². The predicted molar refractivity (Wildman–Crippen MR) is 119 cm³/mol. The van der Waals surface area contributed by atoms with Crippen molar-refractivity contribution in [3.05, 3.63) is 28.2 Å². The minimum atomic E-state index is 0. The third kappa shape index (κ3) is 7.13. The van der Waals surface area contributed by atoms with Gasteiger partial charge >= 0.3 is 0 Å². The van der Waals surface area contributed by atoms with E-state index in [0.717, 1.165) is 40.7 Å². The van der Waals surface area contributed by atoms with Crippen molar-refractivity contribution in [2.75, 3.05) is 32.0 Å². The fourth-order valence-corrected chi connectivity index (χ4v) is 3.14. The highest BCUT2D eigenvalue weighted by Crippen LogP contribution is 2.20. The van der Waals surface area contributed by atoms with Crippen LogP contribution >= 0.6 is 39.9 Å². The molecule has 1 heterocycles. The third-order valence-corrected chi connectivity index (χ3v) is 4.90. The highest BCUT2D eigenvalue weighted by atomic mass is 127. The molecule has 0 aliphatic carbocycles. The highest BCUT2D eigenvalue weighted by Gasteiger charge is 2.18. The number of carbonyl (C=O) groups is 1. The van der Waals surface area contributed by atoms with Crippen molar-refractivity contribution in [2.45, 2.75) is 33.1 Å². The zero-order valence-corrected chi connectivity index (χ0v) is 19.1. The number of halogens is 2. The monoisotopic (exact) mass is 522 g/mol. The van der Waals surface area contributed by atoms with Crippen LogP contribution in [0.4, 0.5) is 5.69 Å². The number of aryl methyl sites for hydroxylation is 1. The zero-order valence-electron chi connectivity index (χ0n) is 15.1. The van der Waals surface area contributed by atoms with Gasteiger partial charge in [-0.2, -0.15) is 0 Å². The van der Waals surface area contributed by atoms with Gasteiger partial charge in [0, 0.05) is 43.3 Å². The number of amides is 1. The first-order chi connectivity index (χ1) is 11.5. The van der Waals surface area contributed by atoms with Crippen molar-refractivity contribution < 1.29 is 4.79 Å². The summed E-state index contributed by atoms with van der Waals surface area (Å²) in [5, 5.41) is 6.27. The highest BCUT2D eigenvalue weighted by molar-refractivity contribution is 14.0. The molecule has 0 unspecified atom stereocenters. The van der Waals surface area contributed by atoms with Gasteiger partial charge in [0.15, 0.2) is 5.96 Å². The van der Waals surface area contributed by atoms with E-state index >= 15 is 0 Å². The van der Waals surface area contributed by atoms with Crippen LogP contribution in [0.5, 0.6) is 0 Å². The third-order valence-electron chi connectivity index (χ3n) is 4.40. The maximum atomic E-state index is 12.1. The van der Waals surface area contributed by atoms with Gasteiger partial charge in [-0.3, -0.25) is 9.79 Å². The summed E-state index contributed by atoms with van der Waals surface area (Å²) in [5.74, 6) is 1.69. The van der Waals surface area contributed by atoms with Gasteiger partial charge in [-0.1, -0.05) is 28.9 Å². The first-order valence-corrected chi connectivity index (χ1v) is 9.30. The summed E-state index contributed by atoms with van der Waals surface area (Å²) in [5.41, 5.74) is 1.90. The van der Waals surface area contributed by atoms with Gasteiger partial charge in [0.25, 0.3) is 0 Å². The Morgan fingerprint density at radius 2 is 2.04 bits per heavy atom. The Balaban J connectivity index is 0.00000312. The Kier molecular flexibility index (Phi) is 9.78. The van der Waals surface area contributed by atoms with E-state index in [1.807, 2.05) is 25.1 Å². The molecule has 0 aromatic heterocycles. The van der Waals surface area contributed by atoms with E-state index in [9.17, 15) is 4.79 Å². The molecule has 1 fully saturated rings. The minimum Gasteiger partial charge on any atom is -0.356 e. The summed E-state index contributed by atoms with van der Waals surface area (Å²) < 4.78 is 0.959. The number of guanidine groups is 1. The quantitative estimate of drug-likeness (QED) is 0.357. The number of carbonyl (C=O) groups excluding carboxylic acids is 1. The molecule has 1 aliphatic heterocycles. The second-order valence-electron chi connectivity index (χ2n) is 6.40. The number of hydrogen-bond donors (Lipinski definition) is 2. The fraction of sp³-hybridized carbons (Fsp3) is 0.556. The number of nitrogens with zero attached hydrogens (tertiary/aromatic N) is 2. The Morgan fingerprint density at radius 1 is 1.36 bits per heavy atom. The lowest BCUT2D eigenvalue weighted by atomic mass is 10.00. The molecule has 0 bridgehead atoms. The Bertz CT molecular complexity index is 601. The summed E-state index contributed by atoms with van der Waals surface area (Å²) in [6.45, 7) is 6.92. The van der Waals surface area contributed by atoms with E-state index in [2.05, 4.69) is 43.4 Å². The average molecular weight is 523 g/mol. The molecular formula is C18H28BrIN4O. The summed E-state index contributed by atoms with van der Waals surface area (Å²) in [6, 6.07) is 5.88. The number of piperidine rings is 1. The van der Waals surface area contributed by atoms with E-state index in [0.29, 0.717) is 13.0 Å². The van der Waals surface area contributed by atoms with Crippen molar-refractivity contribution in [3.63, 3.8) is 0 Å². The number of hydrogen-bond acceptors (Lipinski definition) is 2. The molecule has 2 N–H and O–H groups in total. The number of rotatable bonds is 4. The fourth-order valence-electron chi connectivity index (χ4n) is 2.78. The number of anilines is 1. The van der Waals surface area contributed by atoms with Crippen LogP contribution in [0.2, 0.25) is 0 Å². The van der Waals surface area contributed by atoms with Crippen molar-refractivity contribution in [3.8, 4) is 0 Å². The van der Waals surface area contributed by atoms with Gasteiger partial charge in [-0.25, -0.2) is 0 Å². The van der Waals surface area contributed by atoms with Crippen LogP contribution in [0.1, 0.15) is 31.7 Å². The molecule has 1 aromatic carbocycles. The molecule has 1 aliphatic rings. The van der Waals surface area contributed by atoms with Crippen molar-refractivity contribution in [1.82, 2.24) is 10.2 Å². The first kappa shape index (κ1) is 22.2. The molecule has 140 valence electrons. The Labute approximate surface area is 176 Å². The molecule has 25 heavy (non-hydrogen) atoms. The largest absolute Gasteiger partial charge is 0.356 e. The molecule has 1 aromatic rings. The SMILES string of the molecule is CN=C(NCCC(=O)Nc1cc(Br)ccc1C)N1CCC(C)CC1.I. The lowest BCUT2D eigenvalue weighted by molar-refractivity contribution is -0.116. The average Bonchev–Trinajstić information content (AvgIpc) is 2.56. The van der Waals surface area contributed by atoms with Crippen LogP contribution in [0.15, 0.2) is 27.7 Å². The molecule has 0 atom stereocenters. The van der Waals surface area contributed by atoms with Crippen molar-refractivity contribution in [2.24, 2.45) is 10.9 Å². The second kappa shape index (κ2) is 11.0. The molecule has 2 rings (SSSR count). The number of benzene rings is 1. The summed E-state index contributed by atoms with van der Waals surface area (Å²) in [6.07, 6.45) is 2.81. The van der Waals surface area contributed by atoms with Gasteiger partial charge < -0.3 is 15.5 Å². The van der Waals surface area contributed by atoms with E-state index in [-0.39, 0.29) is 29.9 Å². The number of nitrogens with one attached hydrogen (secondary N) is 2. The van der Waals surface area contributed by atoms with Crippen LogP contribution < -0.4 is 10.6 Å². The smallest absolute Gasteiger partial charge is 0.226 e. The number of aliphatic imine (C=N–C) groups is 1. The first-order valence-electron chi connectivity index (χ1n) is 8.51. The van der Waals surface area contributed by atoms with Gasteiger partial charge in [0.1, 0.15) is 0 Å². The molecule has 0 spiro atoms. The van der Waals surface area contributed by atoms with E-state index in [1.165, 1.54) is 12.8 Å². The van der Waals surface area contributed by atoms with E-state index < -0.39 is 0 Å². The van der Waals surface area contributed by atoms with Crippen LogP contribution in [0, 0.1) is 12.8 Å². The van der Waals surface area contributed by atoms with E-state index in [4.69, 9.17) is 0 Å². The van der Waals surface area contributed by atoms with Gasteiger partial charge in [-0.15, -0.1) is 24.0 Å². The van der Waals surface area contributed by atoms with Crippen LogP contribution in [0.25, 0.3) is 0 Å². The van der Waals surface area contributed by atoms with Crippen molar-refractivity contribution in [1.29, 1.82) is 0 Å². The molecule has 5 nitrogen and oxygen atoms in total. The normalized spacial score (nSPS) is 15.5. The number of likely N-dealkylation sites (tertiary alicyclic amines) is 1. The summed E-state index contributed by atoms with van der Waals surface area (Å²) in [7, 11) is 1.80. The Morgan fingerprint density at radius 3 is 2.68 bits per heavy atom. The molecule has 1 amide bonds. The standard InChI is InChI=1S/C18H27BrN4O.HI/c1-13-7-10-23(11-8-13)18(20-3)21-9-6-17(24)22-16-12-15(19)5-4-14(16)2;/h4-5,12-13H,6-11H2,1-3H3,(H,20,21)(H,22,24);1H. The molecule has 1 saturated heterocycles. The van der Waals surface area contributed by atoms with E-state index in [1.54, 1.807) is 7.05 Å². The van der Waals surface area contributed by atoms with Gasteiger partial charge in [0.2, 0.25) is 5.91 Å². The summed E-state index contributed by atoms with van der Waals surface area (Å²) >= 11 is 3.43. The topological polar surface area (TPSA) is 56.7 Å². The second-order valence-corrected chi connectivity index (χ2v) is 7.32. The molecular weight excluding hydrogens is 495 g/mol. The molecule has 0 radical (unpaired) electrons. The predicted octanol–water partition coefficient (Wildman–Crippen LogP) is 4.01. The molecule has 7 heteroatoms. The lowest BCUT2D eigenvalue weighted by Gasteiger charge is -2.32. The maximum Gasteiger partial charge on any atom is 0.226 e. The van der Waals surface area contributed by atoms with Gasteiger partial charge in [-0.05, 0) is 43.4 Å². The maximum absolute atomic E-state index is 12.1. The molecule has 0 saturated carbocycles. The summed E-state index contributed by atoms with van der Waals surface area (Å²) in [4.78, 5) is 18.8. The Hall–Kier alpha value is -0.830. The van der Waals surface area contributed by atoms with Crippen LogP contribution in [0.3, 0.4) is 0 Å². The lowest BCUT2D eigenvalue weighted by Crippen LogP contribution is -2.46. The minimum absolute atomic E-state index is 0. The van der Waals surface area contributed by atoms with Crippen LogP contribution in [-0.2, 0) is 4.79 Å². The van der Waals surface area contributed by atoms with Gasteiger partial charge in [0.05, 0.1) is 0 Å².